The maximum atomic E-state index is 10.9. The molecule has 0 unspecified atom stereocenters. The molecule has 29 heavy (non-hydrogen) atoms. The fraction of sp³-hybridized carbons (Fsp3) is 0.556. The van der Waals surface area contributed by atoms with E-state index in [9.17, 15) is 10.2 Å². The van der Waals surface area contributed by atoms with E-state index in [2.05, 4.69) is 26.0 Å². The van der Waals surface area contributed by atoms with Crippen molar-refractivity contribution in [1.82, 2.24) is 0 Å². The summed E-state index contributed by atoms with van der Waals surface area (Å²) in [4.78, 5) is 0. The van der Waals surface area contributed by atoms with Crippen molar-refractivity contribution >= 4 is 0 Å². The minimum atomic E-state index is 0.403. The Morgan fingerprint density at radius 1 is 0.621 bits per heavy atom. The van der Waals surface area contributed by atoms with Gasteiger partial charge in [-0.25, -0.2) is 0 Å². The van der Waals surface area contributed by atoms with Crippen LogP contribution in [0.25, 0.3) is 0 Å². The Hall–Kier alpha value is -1.96. The molecule has 2 fully saturated rings. The number of aromatic hydroxyl groups is 2. The van der Waals surface area contributed by atoms with Crippen molar-refractivity contribution in [3.63, 3.8) is 0 Å². The highest BCUT2D eigenvalue weighted by Gasteiger charge is 2.25. The van der Waals surface area contributed by atoms with Crippen molar-refractivity contribution in [3.05, 3.63) is 57.6 Å². The highest BCUT2D eigenvalue weighted by molar-refractivity contribution is 5.52. The van der Waals surface area contributed by atoms with Crippen LogP contribution < -0.4 is 0 Å². The molecule has 0 aliphatic heterocycles. The lowest BCUT2D eigenvalue weighted by Gasteiger charge is -2.28. The van der Waals surface area contributed by atoms with Crippen molar-refractivity contribution in [2.45, 2.75) is 96.3 Å². The van der Waals surface area contributed by atoms with Crippen LogP contribution in [0.2, 0.25) is 0 Å². The molecule has 0 saturated heterocycles. The van der Waals surface area contributed by atoms with Crippen LogP contribution in [-0.2, 0) is 6.42 Å². The van der Waals surface area contributed by atoms with Gasteiger partial charge >= 0.3 is 0 Å². The van der Waals surface area contributed by atoms with Crippen LogP contribution in [-0.4, -0.2) is 10.2 Å². The molecule has 2 aliphatic rings. The van der Waals surface area contributed by atoms with Gasteiger partial charge in [-0.2, -0.15) is 0 Å². The third-order valence-electron chi connectivity index (χ3n) is 7.25. The lowest BCUT2D eigenvalue weighted by Crippen LogP contribution is -2.11. The zero-order valence-electron chi connectivity index (χ0n) is 18.1. The minimum Gasteiger partial charge on any atom is -0.508 e. The van der Waals surface area contributed by atoms with Crippen LogP contribution >= 0.6 is 0 Å². The lowest BCUT2D eigenvalue weighted by atomic mass is 9.77. The zero-order valence-corrected chi connectivity index (χ0v) is 18.1. The molecule has 2 N–H and O–H groups in total. The van der Waals surface area contributed by atoms with Crippen molar-refractivity contribution < 1.29 is 10.2 Å². The first-order valence-electron chi connectivity index (χ1n) is 11.7. The molecule has 0 spiro atoms. The molecule has 2 aromatic carbocycles. The maximum Gasteiger partial charge on any atom is 0.119 e. The molecule has 2 nitrogen and oxygen atoms in total. The molecule has 2 aromatic rings. The molecule has 2 aliphatic carbocycles. The third kappa shape index (κ3) is 4.47. The quantitative estimate of drug-likeness (QED) is 0.569. The normalized spacial score (nSPS) is 18.8. The summed E-state index contributed by atoms with van der Waals surface area (Å²) in [6.07, 6.45) is 13.3. The molecule has 0 amide bonds. The molecule has 0 radical (unpaired) electrons. The van der Waals surface area contributed by atoms with Gasteiger partial charge in [0.15, 0.2) is 0 Å². The Bertz CT molecular complexity index is 784. The average molecular weight is 393 g/mol. The summed E-state index contributed by atoms with van der Waals surface area (Å²) >= 11 is 0. The highest BCUT2D eigenvalue weighted by Crippen LogP contribution is 2.43. The Labute approximate surface area is 176 Å². The van der Waals surface area contributed by atoms with Gasteiger partial charge in [-0.3, -0.25) is 0 Å². The number of aryl methyl sites for hydroxylation is 2. The number of hydrogen-bond acceptors (Lipinski definition) is 2. The van der Waals surface area contributed by atoms with Gasteiger partial charge in [0.05, 0.1) is 0 Å². The van der Waals surface area contributed by atoms with E-state index < -0.39 is 0 Å². The molecule has 156 valence electrons. The molecular weight excluding hydrogens is 356 g/mol. The van der Waals surface area contributed by atoms with Crippen LogP contribution in [0.4, 0.5) is 0 Å². The smallest absolute Gasteiger partial charge is 0.119 e. The van der Waals surface area contributed by atoms with E-state index >= 15 is 0 Å². The van der Waals surface area contributed by atoms with Crippen LogP contribution in [0.15, 0.2) is 24.3 Å². The molecule has 0 bridgehead atoms. The van der Waals surface area contributed by atoms with Crippen LogP contribution in [0, 0.1) is 13.8 Å². The van der Waals surface area contributed by atoms with Gasteiger partial charge in [0.1, 0.15) is 11.5 Å². The first kappa shape index (κ1) is 20.3. The van der Waals surface area contributed by atoms with Gasteiger partial charge in [-0.05, 0) is 85.8 Å². The number of rotatable bonds is 4. The molecule has 0 aromatic heterocycles. The Morgan fingerprint density at radius 3 is 1.38 bits per heavy atom. The number of phenolic OH excluding ortho intramolecular Hbond substituents is 2. The predicted octanol–water partition coefficient (Wildman–Crippen LogP) is 7.40. The van der Waals surface area contributed by atoms with Crippen molar-refractivity contribution in [1.29, 1.82) is 0 Å². The predicted molar refractivity (Wildman–Crippen MR) is 120 cm³/mol. The van der Waals surface area contributed by atoms with Gasteiger partial charge in [-0.15, -0.1) is 0 Å². The molecule has 2 saturated carbocycles. The lowest BCUT2D eigenvalue weighted by molar-refractivity contribution is 0.427. The molecule has 0 heterocycles. The summed E-state index contributed by atoms with van der Waals surface area (Å²) < 4.78 is 0. The highest BCUT2D eigenvalue weighted by atomic mass is 16.3. The summed E-state index contributed by atoms with van der Waals surface area (Å²) in [5.41, 5.74) is 6.98. The van der Waals surface area contributed by atoms with E-state index in [4.69, 9.17) is 0 Å². The summed E-state index contributed by atoms with van der Waals surface area (Å²) in [5.74, 6) is 1.88. The van der Waals surface area contributed by atoms with Gasteiger partial charge in [0.2, 0.25) is 0 Å². The third-order valence-corrected chi connectivity index (χ3v) is 7.25. The van der Waals surface area contributed by atoms with E-state index in [-0.39, 0.29) is 0 Å². The maximum absolute atomic E-state index is 10.9. The molecule has 4 rings (SSSR count). The minimum absolute atomic E-state index is 0.403. The summed E-state index contributed by atoms with van der Waals surface area (Å²) in [6, 6.07) is 8.37. The number of hydrogen-bond donors (Lipinski definition) is 2. The second-order valence-corrected chi connectivity index (χ2v) is 9.55. The SMILES string of the molecule is Cc1cc(O)c(Cc2c(O)cc(C)cc2C2CCCCC2)c(C2CCCCC2)c1. The second-order valence-electron chi connectivity index (χ2n) is 9.55. The van der Waals surface area contributed by atoms with Gasteiger partial charge in [-0.1, -0.05) is 50.7 Å². The van der Waals surface area contributed by atoms with E-state index in [1.165, 1.54) is 75.3 Å². The van der Waals surface area contributed by atoms with Crippen LogP contribution in [0.3, 0.4) is 0 Å². The second kappa shape index (κ2) is 8.81. The number of phenols is 2. The first-order valence-corrected chi connectivity index (χ1v) is 11.7. The Balaban J connectivity index is 1.76. The molecule has 2 heteroatoms. The largest absolute Gasteiger partial charge is 0.508 e. The standard InChI is InChI=1S/C27H36O2/c1-18-13-22(20-9-5-3-6-10-20)24(26(28)15-18)17-25-23(14-19(2)16-27(25)29)21-11-7-4-8-12-21/h13-16,20-21,28-29H,3-12,17H2,1-2H3. The van der Waals surface area contributed by atoms with E-state index in [0.717, 1.165) is 22.3 Å². The fourth-order valence-electron chi connectivity index (χ4n) is 5.77. The topological polar surface area (TPSA) is 40.5 Å². The van der Waals surface area contributed by atoms with Crippen molar-refractivity contribution in [2.75, 3.05) is 0 Å². The van der Waals surface area contributed by atoms with E-state index in [1.54, 1.807) is 0 Å². The van der Waals surface area contributed by atoms with Gasteiger partial charge < -0.3 is 10.2 Å². The fourth-order valence-corrected chi connectivity index (χ4v) is 5.77. The zero-order chi connectivity index (χ0) is 20.4. The summed E-state index contributed by atoms with van der Waals surface area (Å²) in [7, 11) is 0. The molecular formula is C27H36O2. The van der Waals surface area contributed by atoms with Gasteiger partial charge in [0.25, 0.3) is 0 Å². The van der Waals surface area contributed by atoms with E-state index in [0.29, 0.717) is 29.8 Å². The monoisotopic (exact) mass is 392 g/mol. The van der Waals surface area contributed by atoms with Crippen molar-refractivity contribution in [3.8, 4) is 11.5 Å². The average Bonchev–Trinajstić information content (AvgIpc) is 2.72. The van der Waals surface area contributed by atoms with Gasteiger partial charge in [0, 0.05) is 17.5 Å². The Kier molecular flexibility index (Phi) is 6.18. The van der Waals surface area contributed by atoms with Crippen molar-refractivity contribution in [2.24, 2.45) is 0 Å². The van der Waals surface area contributed by atoms with Crippen LogP contribution in [0.5, 0.6) is 11.5 Å². The first-order chi connectivity index (χ1) is 14.0. The number of benzene rings is 2. The Morgan fingerprint density at radius 2 is 1.00 bits per heavy atom. The molecule has 0 atom stereocenters. The van der Waals surface area contributed by atoms with Crippen LogP contribution in [0.1, 0.15) is 109 Å². The summed E-state index contributed by atoms with van der Waals surface area (Å²) in [5, 5.41) is 21.9. The van der Waals surface area contributed by atoms with E-state index in [1.807, 2.05) is 12.1 Å². The summed E-state index contributed by atoms with van der Waals surface area (Å²) in [6.45, 7) is 4.15.